The van der Waals surface area contributed by atoms with Gasteiger partial charge < -0.3 is 10.8 Å². The minimum Gasteiger partial charge on any atom is -0.478 e. The summed E-state index contributed by atoms with van der Waals surface area (Å²) in [5.41, 5.74) is 6.99. The Morgan fingerprint density at radius 1 is 1.50 bits per heavy atom. The van der Waals surface area contributed by atoms with Gasteiger partial charge in [0.15, 0.2) is 0 Å². The highest BCUT2D eigenvalue weighted by Crippen LogP contribution is 2.37. The van der Waals surface area contributed by atoms with E-state index in [1.54, 1.807) is 18.2 Å². The molecule has 2 unspecified atom stereocenters. The first-order chi connectivity index (χ1) is 9.56. The van der Waals surface area contributed by atoms with Crippen LogP contribution in [0.1, 0.15) is 47.1 Å². The number of fused-ring (bicyclic) bond motifs is 1. The monoisotopic (exact) mass is 272 g/mol. The summed E-state index contributed by atoms with van der Waals surface area (Å²) in [6, 6.07) is 7.23. The van der Waals surface area contributed by atoms with Crippen molar-refractivity contribution in [3.05, 3.63) is 41.2 Å². The summed E-state index contributed by atoms with van der Waals surface area (Å²) in [5, 5.41) is 13.3. The Morgan fingerprint density at radius 2 is 2.30 bits per heavy atom. The standard InChI is InChI=1S/C14H16N4O2/c1-8-11(5-6-12-16-14(15)17-18(8)12)9-3-2-4-10(7-9)13(19)20/h2-4,7-8,11H,5-6H2,1H3,(H2,15,17)(H,19,20). The van der Waals surface area contributed by atoms with Crippen molar-refractivity contribution in [1.82, 2.24) is 14.8 Å². The molecule has 2 heterocycles. The molecule has 2 atom stereocenters. The van der Waals surface area contributed by atoms with E-state index >= 15 is 0 Å². The van der Waals surface area contributed by atoms with E-state index in [1.165, 1.54) is 0 Å². The third kappa shape index (κ3) is 2.03. The van der Waals surface area contributed by atoms with Crippen molar-refractivity contribution in [3.63, 3.8) is 0 Å². The number of aryl methyl sites for hydroxylation is 1. The number of hydrogen-bond donors (Lipinski definition) is 2. The van der Waals surface area contributed by atoms with Gasteiger partial charge >= 0.3 is 5.97 Å². The van der Waals surface area contributed by atoms with E-state index in [-0.39, 0.29) is 12.0 Å². The zero-order chi connectivity index (χ0) is 14.3. The Balaban J connectivity index is 1.96. The van der Waals surface area contributed by atoms with Crippen LogP contribution >= 0.6 is 0 Å². The van der Waals surface area contributed by atoms with E-state index < -0.39 is 5.97 Å². The number of carboxylic acid groups (broad SMARTS) is 1. The number of nitrogen functional groups attached to an aromatic ring is 1. The molecule has 6 heteroatoms. The lowest BCUT2D eigenvalue weighted by atomic mass is 9.85. The number of benzene rings is 1. The van der Waals surface area contributed by atoms with Crippen molar-refractivity contribution in [1.29, 1.82) is 0 Å². The fraction of sp³-hybridized carbons (Fsp3) is 0.357. The number of carboxylic acids is 1. The highest BCUT2D eigenvalue weighted by atomic mass is 16.4. The van der Waals surface area contributed by atoms with Gasteiger partial charge in [-0.3, -0.25) is 0 Å². The van der Waals surface area contributed by atoms with Gasteiger partial charge in [0.25, 0.3) is 0 Å². The zero-order valence-electron chi connectivity index (χ0n) is 11.2. The van der Waals surface area contributed by atoms with Gasteiger partial charge in [-0.05, 0) is 31.0 Å². The lowest BCUT2D eigenvalue weighted by Gasteiger charge is -2.29. The molecule has 0 radical (unpaired) electrons. The molecule has 0 amide bonds. The first-order valence-corrected chi connectivity index (χ1v) is 6.60. The van der Waals surface area contributed by atoms with Gasteiger partial charge in [-0.1, -0.05) is 12.1 Å². The van der Waals surface area contributed by atoms with Crippen LogP contribution < -0.4 is 5.73 Å². The first-order valence-electron chi connectivity index (χ1n) is 6.60. The van der Waals surface area contributed by atoms with Crippen LogP contribution in [0, 0.1) is 0 Å². The maximum Gasteiger partial charge on any atom is 0.335 e. The molecule has 0 aliphatic carbocycles. The quantitative estimate of drug-likeness (QED) is 0.870. The number of aromatic carboxylic acids is 1. The molecular weight excluding hydrogens is 256 g/mol. The Morgan fingerprint density at radius 3 is 3.05 bits per heavy atom. The van der Waals surface area contributed by atoms with Crippen molar-refractivity contribution in [2.45, 2.75) is 31.7 Å². The van der Waals surface area contributed by atoms with Crippen molar-refractivity contribution < 1.29 is 9.90 Å². The Labute approximate surface area is 116 Å². The predicted molar refractivity (Wildman–Crippen MR) is 73.6 cm³/mol. The molecular formula is C14H16N4O2. The molecule has 104 valence electrons. The second-order valence-corrected chi connectivity index (χ2v) is 5.15. The third-order valence-electron chi connectivity index (χ3n) is 3.93. The summed E-state index contributed by atoms with van der Waals surface area (Å²) in [4.78, 5) is 15.3. The number of anilines is 1. The Bertz CT molecular complexity index is 665. The van der Waals surface area contributed by atoms with Gasteiger partial charge in [0, 0.05) is 12.3 Å². The smallest absolute Gasteiger partial charge is 0.335 e. The summed E-state index contributed by atoms with van der Waals surface area (Å²) < 4.78 is 1.86. The van der Waals surface area contributed by atoms with Crippen molar-refractivity contribution >= 4 is 11.9 Å². The van der Waals surface area contributed by atoms with E-state index in [0.717, 1.165) is 24.2 Å². The maximum absolute atomic E-state index is 11.1. The minimum atomic E-state index is -0.902. The van der Waals surface area contributed by atoms with Crippen LogP contribution in [0.15, 0.2) is 24.3 Å². The lowest BCUT2D eigenvalue weighted by molar-refractivity contribution is 0.0696. The molecule has 20 heavy (non-hydrogen) atoms. The fourth-order valence-electron chi connectivity index (χ4n) is 2.91. The van der Waals surface area contributed by atoms with Crippen molar-refractivity contribution in [2.75, 3.05) is 5.73 Å². The second kappa shape index (κ2) is 4.63. The first kappa shape index (κ1) is 12.7. The van der Waals surface area contributed by atoms with Crippen LogP contribution in [0.5, 0.6) is 0 Å². The summed E-state index contributed by atoms with van der Waals surface area (Å²) in [6.45, 7) is 2.06. The average molecular weight is 272 g/mol. The molecule has 0 fully saturated rings. The number of nitrogens with two attached hydrogens (primary N) is 1. The van der Waals surface area contributed by atoms with Crippen LogP contribution in [0.25, 0.3) is 0 Å². The number of nitrogens with zero attached hydrogens (tertiary/aromatic N) is 3. The van der Waals surface area contributed by atoms with Crippen molar-refractivity contribution in [3.8, 4) is 0 Å². The van der Waals surface area contributed by atoms with Crippen LogP contribution in [0.2, 0.25) is 0 Å². The van der Waals surface area contributed by atoms with Gasteiger partial charge in [0.1, 0.15) is 5.82 Å². The molecule has 1 aliphatic rings. The topological polar surface area (TPSA) is 94.0 Å². The molecule has 0 spiro atoms. The molecule has 0 saturated heterocycles. The summed E-state index contributed by atoms with van der Waals surface area (Å²) in [6.07, 6.45) is 1.72. The van der Waals surface area contributed by atoms with E-state index in [1.807, 2.05) is 10.7 Å². The average Bonchev–Trinajstić information content (AvgIpc) is 2.81. The molecule has 0 saturated carbocycles. The number of hydrogen-bond acceptors (Lipinski definition) is 4. The molecule has 6 nitrogen and oxygen atoms in total. The SMILES string of the molecule is CC1C(c2cccc(C(=O)O)c2)CCc2nc(N)nn21. The van der Waals surface area contributed by atoms with Crippen LogP contribution in [-0.4, -0.2) is 25.8 Å². The highest BCUT2D eigenvalue weighted by molar-refractivity contribution is 5.87. The number of rotatable bonds is 2. The molecule has 2 aromatic rings. The highest BCUT2D eigenvalue weighted by Gasteiger charge is 2.29. The van der Waals surface area contributed by atoms with E-state index in [2.05, 4.69) is 17.0 Å². The summed E-state index contributed by atoms with van der Waals surface area (Å²) >= 11 is 0. The van der Waals surface area contributed by atoms with E-state index in [9.17, 15) is 4.79 Å². The zero-order valence-corrected chi connectivity index (χ0v) is 11.2. The Kier molecular flexibility index (Phi) is 2.93. The van der Waals surface area contributed by atoms with Gasteiger partial charge in [-0.15, -0.1) is 5.10 Å². The van der Waals surface area contributed by atoms with Crippen LogP contribution in [-0.2, 0) is 6.42 Å². The van der Waals surface area contributed by atoms with Crippen molar-refractivity contribution in [2.24, 2.45) is 0 Å². The Hall–Kier alpha value is -2.37. The number of aromatic nitrogens is 3. The van der Waals surface area contributed by atoms with Gasteiger partial charge in [-0.25, -0.2) is 9.48 Å². The van der Waals surface area contributed by atoms with Gasteiger partial charge in [0.2, 0.25) is 5.95 Å². The van der Waals surface area contributed by atoms with Gasteiger partial charge in [0.05, 0.1) is 11.6 Å². The van der Waals surface area contributed by atoms with Crippen LogP contribution in [0.3, 0.4) is 0 Å². The largest absolute Gasteiger partial charge is 0.478 e. The number of carbonyl (C=O) groups is 1. The third-order valence-corrected chi connectivity index (χ3v) is 3.93. The summed E-state index contributed by atoms with van der Waals surface area (Å²) in [7, 11) is 0. The maximum atomic E-state index is 11.1. The van der Waals surface area contributed by atoms with E-state index in [4.69, 9.17) is 10.8 Å². The summed E-state index contributed by atoms with van der Waals surface area (Å²) in [5.74, 6) is 0.524. The molecule has 1 aliphatic heterocycles. The van der Waals surface area contributed by atoms with E-state index in [0.29, 0.717) is 11.5 Å². The molecule has 0 bridgehead atoms. The molecule has 3 rings (SSSR count). The predicted octanol–water partition coefficient (Wildman–Crippen LogP) is 1.85. The normalized spacial score (nSPS) is 21.4. The fourth-order valence-corrected chi connectivity index (χ4v) is 2.91. The lowest BCUT2D eigenvalue weighted by Crippen LogP contribution is -2.24. The molecule has 1 aromatic heterocycles. The molecule has 3 N–H and O–H groups in total. The minimum absolute atomic E-state index is 0.118. The second-order valence-electron chi connectivity index (χ2n) is 5.15. The van der Waals surface area contributed by atoms with Gasteiger partial charge in [-0.2, -0.15) is 4.98 Å². The van der Waals surface area contributed by atoms with Crippen LogP contribution in [0.4, 0.5) is 5.95 Å². The molecule has 1 aromatic carbocycles.